The predicted molar refractivity (Wildman–Crippen MR) is 77.6 cm³/mol. The van der Waals surface area contributed by atoms with Crippen molar-refractivity contribution in [2.24, 2.45) is 11.8 Å². The summed E-state index contributed by atoms with van der Waals surface area (Å²) in [5.74, 6) is -0.988. The lowest BCUT2D eigenvalue weighted by molar-refractivity contribution is -0.141. The van der Waals surface area contributed by atoms with Crippen molar-refractivity contribution in [3.05, 3.63) is 29.8 Å². The maximum Gasteiger partial charge on any atom is 0.306 e. The van der Waals surface area contributed by atoms with Crippen molar-refractivity contribution in [2.45, 2.75) is 39.0 Å². The molecule has 0 bridgehead atoms. The van der Waals surface area contributed by atoms with Crippen LogP contribution in [0.5, 0.6) is 0 Å². The van der Waals surface area contributed by atoms with Gasteiger partial charge in [0.05, 0.1) is 5.92 Å². The molecule has 4 nitrogen and oxygen atoms in total. The van der Waals surface area contributed by atoms with Gasteiger partial charge in [-0.05, 0) is 42.9 Å². The monoisotopic (exact) mass is 275 g/mol. The molecule has 1 saturated carbocycles. The molecule has 2 unspecified atom stereocenters. The van der Waals surface area contributed by atoms with Crippen LogP contribution in [0.3, 0.4) is 0 Å². The molecule has 4 heteroatoms. The molecule has 0 saturated heterocycles. The first-order valence-electron chi connectivity index (χ1n) is 7.11. The molecule has 0 radical (unpaired) electrons. The molecule has 0 spiro atoms. The molecule has 0 aromatic heterocycles. The number of carbonyl (C=O) groups excluding carboxylic acids is 1. The number of anilines is 1. The Morgan fingerprint density at radius 1 is 1.25 bits per heavy atom. The molecule has 0 aliphatic heterocycles. The van der Waals surface area contributed by atoms with Crippen LogP contribution < -0.4 is 5.32 Å². The van der Waals surface area contributed by atoms with E-state index in [0.717, 1.165) is 5.69 Å². The number of carbonyl (C=O) groups is 2. The topological polar surface area (TPSA) is 66.4 Å². The summed E-state index contributed by atoms with van der Waals surface area (Å²) in [4.78, 5) is 23.1. The molecule has 0 heterocycles. The predicted octanol–water partition coefficient (Wildman–Crippen LogP) is 3.25. The van der Waals surface area contributed by atoms with Gasteiger partial charge in [-0.1, -0.05) is 26.0 Å². The van der Waals surface area contributed by atoms with Crippen molar-refractivity contribution in [1.82, 2.24) is 0 Å². The fraction of sp³-hybridized carbons (Fsp3) is 0.500. The molecule has 1 aliphatic carbocycles. The largest absolute Gasteiger partial charge is 0.481 e. The zero-order valence-electron chi connectivity index (χ0n) is 11.9. The third-order valence-electron chi connectivity index (χ3n) is 3.97. The Morgan fingerprint density at radius 2 is 1.95 bits per heavy atom. The molecule has 1 amide bonds. The van der Waals surface area contributed by atoms with E-state index in [1.807, 2.05) is 24.3 Å². The van der Waals surface area contributed by atoms with Crippen molar-refractivity contribution in [3.63, 3.8) is 0 Å². The van der Waals surface area contributed by atoms with Crippen LogP contribution in [0.1, 0.15) is 44.6 Å². The lowest BCUT2D eigenvalue weighted by Crippen LogP contribution is -2.21. The minimum Gasteiger partial charge on any atom is -0.481 e. The van der Waals surface area contributed by atoms with Crippen molar-refractivity contribution in [2.75, 3.05) is 5.32 Å². The highest BCUT2D eigenvalue weighted by molar-refractivity contribution is 5.93. The van der Waals surface area contributed by atoms with Crippen molar-refractivity contribution < 1.29 is 14.7 Å². The normalized spacial score (nSPS) is 21.9. The molecule has 1 fully saturated rings. The van der Waals surface area contributed by atoms with E-state index in [1.165, 1.54) is 5.56 Å². The van der Waals surface area contributed by atoms with E-state index in [0.29, 0.717) is 25.2 Å². The van der Waals surface area contributed by atoms with E-state index >= 15 is 0 Å². The van der Waals surface area contributed by atoms with Gasteiger partial charge in [-0.25, -0.2) is 0 Å². The van der Waals surface area contributed by atoms with E-state index in [-0.39, 0.29) is 17.7 Å². The highest BCUT2D eigenvalue weighted by atomic mass is 16.4. The number of hydrogen-bond acceptors (Lipinski definition) is 2. The smallest absolute Gasteiger partial charge is 0.306 e. The van der Waals surface area contributed by atoms with Crippen molar-refractivity contribution in [1.29, 1.82) is 0 Å². The van der Waals surface area contributed by atoms with Gasteiger partial charge in [0.1, 0.15) is 0 Å². The lowest BCUT2D eigenvalue weighted by atomic mass is 10.0. The molecule has 2 N–H and O–H groups in total. The summed E-state index contributed by atoms with van der Waals surface area (Å²) >= 11 is 0. The standard InChI is InChI=1S/C16H21NO3/c1-10(2)11-4-3-5-14(9-11)17-15(18)12-6-7-13(8-12)16(19)20/h3-5,9-10,12-13H,6-8H2,1-2H3,(H,17,18)(H,19,20). The van der Waals surface area contributed by atoms with Gasteiger partial charge in [0, 0.05) is 11.6 Å². The van der Waals surface area contributed by atoms with Crippen LogP contribution in [-0.4, -0.2) is 17.0 Å². The Kier molecular flexibility index (Phi) is 4.42. The van der Waals surface area contributed by atoms with Crippen LogP contribution in [0.2, 0.25) is 0 Å². The second-order valence-corrected chi connectivity index (χ2v) is 5.81. The highest BCUT2D eigenvalue weighted by Crippen LogP contribution is 2.32. The molecule has 1 aromatic rings. The van der Waals surface area contributed by atoms with Crippen LogP contribution in [0, 0.1) is 11.8 Å². The van der Waals surface area contributed by atoms with Gasteiger partial charge in [0.25, 0.3) is 0 Å². The lowest BCUT2D eigenvalue weighted by Gasteiger charge is -2.13. The second kappa shape index (κ2) is 6.07. The van der Waals surface area contributed by atoms with Gasteiger partial charge in [-0.2, -0.15) is 0 Å². The molecule has 108 valence electrons. The first kappa shape index (κ1) is 14.6. The summed E-state index contributed by atoms with van der Waals surface area (Å²) in [6, 6.07) is 7.82. The maximum absolute atomic E-state index is 12.2. The number of rotatable bonds is 4. The van der Waals surface area contributed by atoms with E-state index in [2.05, 4.69) is 19.2 Å². The average Bonchev–Trinajstić information content (AvgIpc) is 2.88. The van der Waals surface area contributed by atoms with Crippen LogP contribution in [0.25, 0.3) is 0 Å². The molecular formula is C16H21NO3. The number of amides is 1. The number of carboxylic acid groups (broad SMARTS) is 1. The van der Waals surface area contributed by atoms with Gasteiger partial charge in [0.15, 0.2) is 0 Å². The number of carboxylic acids is 1. The van der Waals surface area contributed by atoms with Gasteiger partial charge in [-0.15, -0.1) is 0 Å². The Balaban J connectivity index is 1.98. The Morgan fingerprint density at radius 3 is 2.55 bits per heavy atom. The summed E-state index contributed by atoms with van der Waals surface area (Å²) in [7, 11) is 0. The summed E-state index contributed by atoms with van der Waals surface area (Å²) in [6.45, 7) is 4.21. The van der Waals surface area contributed by atoms with Crippen LogP contribution in [0.4, 0.5) is 5.69 Å². The molecule has 2 rings (SSSR count). The van der Waals surface area contributed by atoms with Crippen molar-refractivity contribution in [3.8, 4) is 0 Å². The molecule has 1 aliphatic rings. The summed E-state index contributed by atoms with van der Waals surface area (Å²) in [5, 5.41) is 11.9. The van der Waals surface area contributed by atoms with Gasteiger partial charge >= 0.3 is 5.97 Å². The van der Waals surface area contributed by atoms with Crippen molar-refractivity contribution >= 4 is 17.6 Å². The summed E-state index contributed by atoms with van der Waals surface area (Å²) in [6.07, 6.45) is 1.71. The zero-order chi connectivity index (χ0) is 14.7. The molecule has 2 atom stereocenters. The third-order valence-corrected chi connectivity index (χ3v) is 3.97. The number of nitrogens with one attached hydrogen (secondary N) is 1. The van der Waals surface area contributed by atoms with Crippen LogP contribution in [0.15, 0.2) is 24.3 Å². The Labute approximate surface area is 119 Å². The van der Waals surface area contributed by atoms with E-state index in [9.17, 15) is 9.59 Å². The van der Waals surface area contributed by atoms with E-state index < -0.39 is 5.97 Å². The number of hydrogen-bond donors (Lipinski definition) is 2. The van der Waals surface area contributed by atoms with Gasteiger partial charge in [0.2, 0.25) is 5.91 Å². The molecule has 1 aromatic carbocycles. The average molecular weight is 275 g/mol. The quantitative estimate of drug-likeness (QED) is 0.886. The zero-order valence-corrected chi connectivity index (χ0v) is 11.9. The first-order valence-corrected chi connectivity index (χ1v) is 7.11. The fourth-order valence-corrected chi connectivity index (χ4v) is 2.66. The Hall–Kier alpha value is -1.84. The van der Waals surface area contributed by atoms with E-state index in [1.54, 1.807) is 0 Å². The first-order chi connectivity index (χ1) is 9.47. The summed E-state index contributed by atoms with van der Waals surface area (Å²) < 4.78 is 0. The van der Waals surface area contributed by atoms with Gasteiger partial charge < -0.3 is 10.4 Å². The maximum atomic E-state index is 12.2. The number of benzene rings is 1. The minimum absolute atomic E-state index is 0.0605. The van der Waals surface area contributed by atoms with Crippen LogP contribution >= 0.6 is 0 Å². The Bertz CT molecular complexity index is 510. The van der Waals surface area contributed by atoms with Crippen LogP contribution in [-0.2, 0) is 9.59 Å². The second-order valence-electron chi connectivity index (χ2n) is 5.81. The van der Waals surface area contributed by atoms with Gasteiger partial charge in [-0.3, -0.25) is 9.59 Å². The molecule has 20 heavy (non-hydrogen) atoms. The highest BCUT2D eigenvalue weighted by Gasteiger charge is 2.33. The molecular weight excluding hydrogens is 254 g/mol. The summed E-state index contributed by atoms with van der Waals surface area (Å²) in [5.41, 5.74) is 1.97. The van der Waals surface area contributed by atoms with E-state index in [4.69, 9.17) is 5.11 Å². The third kappa shape index (κ3) is 3.38. The SMILES string of the molecule is CC(C)c1cccc(NC(=O)C2CCC(C(=O)O)C2)c1. The number of aliphatic carboxylic acids is 1. The fourth-order valence-electron chi connectivity index (χ4n) is 2.66. The minimum atomic E-state index is -0.790.